The van der Waals surface area contributed by atoms with Crippen LogP contribution in [0.1, 0.15) is 85.4 Å². The molecule has 0 radical (unpaired) electrons. The molecule has 0 saturated heterocycles. The second-order valence-corrected chi connectivity index (χ2v) is 5.82. The number of aliphatic imine (C=N–C) groups is 1. The van der Waals surface area contributed by atoms with E-state index in [4.69, 9.17) is 5.73 Å². The Hall–Kier alpha value is -1.97. The molecule has 126 valence electrons. The number of hydrogen-bond donors (Lipinski definition) is 1. The molecule has 0 fully saturated rings. The van der Waals surface area contributed by atoms with Crippen LogP contribution in [-0.2, 0) is 0 Å². The Balaban J connectivity index is 2.17. The number of nitrogens with two attached hydrogens (primary N) is 1. The zero-order chi connectivity index (χ0) is 16.9. The summed E-state index contributed by atoms with van der Waals surface area (Å²) in [6.45, 7) is 2.23. The van der Waals surface area contributed by atoms with Crippen molar-refractivity contribution in [3.63, 3.8) is 0 Å². The molecule has 0 aromatic heterocycles. The van der Waals surface area contributed by atoms with Gasteiger partial charge in [0.2, 0.25) is 5.91 Å². The Kier molecular flexibility index (Phi) is 9.60. The fourth-order valence-electron chi connectivity index (χ4n) is 2.37. The van der Waals surface area contributed by atoms with Crippen LogP contribution in [0, 0.1) is 0 Å². The van der Waals surface area contributed by atoms with Crippen LogP contribution >= 0.6 is 0 Å². The van der Waals surface area contributed by atoms with Gasteiger partial charge in [-0.1, -0.05) is 51.9 Å². The summed E-state index contributed by atoms with van der Waals surface area (Å²) in [7, 11) is 0. The Morgan fingerprint density at radius 1 is 0.913 bits per heavy atom. The largest absolute Gasteiger partial charge is 0.366 e. The van der Waals surface area contributed by atoms with Gasteiger partial charge in [-0.3, -0.25) is 9.59 Å². The first-order chi connectivity index (χ1) is 11.1. The average molecular weight is 316 g/mol. The number of benzene rings is 1. The number of carbonyl (C=O) groups is 2. The van der Waals surface area contributed by atoms with Crippen molar-refractivity contribution in [3.05, 3.63) is 35.4 Å². The summed E-state index contributed by atoms with van der Waals surface area (Å²) >= 11 is 0. The molecular weight excluding hydrogens is 288 g/mol. The van der Waals surface area contributed by atoms with Gasteiger partial charge in [-0.15, -0.1) is 0 Å². The van der Waals surface area contributed by atoms with Crippen LogP contribution in [0.2, 0.25) is 0 Å². The van der Waals surface area contributed by atoms with Crippen LogP contribution < -0.4 is 5.73 Å². The monoisotopic (exact) mass is 316 g/mol. The van der Waals surface area contributed by atoms with Crippen molar-refractivity contribution in [1.82, 2.24) is 0 Å². The highest BCUT2D eigenvalue weighted by atomic mass is 16.1. The lowest BCUT2D eigenvalue weighted by Crippen LogP contribution is -2.10. The molecule has 0 unspecified atom stereocenters. The van der Waals surface area contributed by atoms with E-state index in [2.05, 4.69) is 11.9 Å². The van der Waals surface area contributed by atoms with Gasteiger partial charge in [0.25, 0.3) is 5.91 Å². The zero-order valence-electron chi connectivity index (χ0n) is 14.1. The summed E-state index contributed by atoms with van der Waals surface area (Å²) in [5.41, 5.74) is 6.03. The summed E-state index contributed by atoms with van der Waals surface area (Å²) in [6, 6.07) is 6.25. The van der Waals surface area contributed by atoms with E-state index in [1.54, 1.807) is 30.5 Å². The number of unbranched alkanes of at least 4 members (excludes halogenated alkanes) is 8. The normalized spacial score (nSPS) is 11.0. The highest BCUT2D eigenvalue weighted by Gasteiger charge is 2.04. The number of carbonyl (C=O) groups excluding carboxylic acids is 2. The van der Waals surface area contributed by atoms with Crippen molar-refractivity contribution in [1.29, 1.82) is 0 Å². The summed E-state index contributed by atoms with van der Waals surface area (Å²) in [4.78, 5) is 26.8. The lowest BCUT2D eigenvalue weighted by atomic mass is 10.1. The quantitative estimate of drug-likeness (QED) is 0.481. The number of hydrogen-bond acceptors (Lipinski definition) is 2. The molecule has 0 aliphatic heterocycles. The number of rotatable bonds is 11. The highest BCUT2D eigenvalue weighted by molar-refractivity contribution is 6.00. The van der Waals surface area contributed by atoms with E-state index in [1.165, 1.54) is 44.9 Å². The summed E-state index contributed by atoms with van der Waals surface area (Å²) in [5, 5.41) is 0. The molecule has 2 N–H and O–H groups in total. The molecule has 0 heterocycles. The minimum absolute atomic E-state index is 0.277. The summed E-state index contributed by atoms with van der Waals surface area (Å²) < 4.78 is 0. The van der Waals surface area contributed by atoms with Gasteiger partial charge in [-0.25, -0.2) is 4.99 Å². The van der Waals surface area contributed by atoms with Gasteiger partial charge < -0.3 is 5.73 Å². The molecule has 23 heavy (non-hydrogen) atoms. The van der Waals surface area contributed by atoms with Gasteiger partial charge in [0.1, 0.15) is 0 Å². The SMILES string of the molecule is CCCCCCCCCCC=NC(=O)c1ccc(C(N)=O)cc1. The lowest BCUT2D eigenvalue weighted by Gasteiger charge is -2.00. The van der Waals surface area contributed by atoms with Gasteiger partial charge in [-0.2, -0.15) is 0 Å². The highest BCUT2D eigenvalue weighted by Crippen LogP contribution is 2.09. The van der Waals surface area contributed by atoms with Crippen LogP contribution in [0.4, 0.5) is 0 Å². The van der Waals surface area contributed by atoms with Crippen molar-refractivity contribution in [2.75, 3.05) is 0 Å². The maximum atomic E-state index is 11.8. The summed E-state index contributed by atoms with van der Waals surface area (Å²) in [6.07, 6.45) is 12.7. The molecule has 4 heteroatoms. The fourth-order valence-corrected chi connectivity index (χ4v) is 2.37. The molecule has 0 aliphatic carbocycles. The first-order valence-electron chi connectivity index (χ1n) is 8.62. The van der Waals surface area contributed by atoms with Crippen molar-refractivity contribution in [2.24, 2.45) is 10.7 Å². The first kappa shape index (κ1) is 19.1. The van der Waals surface area contributed by atoms with Crippen molar-refractivity contribution >= 4 is 18.0 Å². The van der Waals surface area contributed by atoms with Crippen LogP contribution in [-0.4, -0.2) is 18.0 Å². The van der Waals surface area contributed by atoms with Gasteiger partial charge in [0, 0.05) is 17.3 Å². The summed E-state index contributed by atoms with van der Waals surface area (Å²) in [5.74, 6) is -0.775. The van der Waals surface area contributed by atoms with Crippen LogP contribution in [0.25, 0.3) is 0 Å². The molecule has 1 aromatic rings. The van der Waals surface area contributed by atoms with Crippen molar-refractivity contribution in [2.45, 2.75) is 64.7 Å². The maximum Gasteiger partial charge on any atom is 0.276 e. The van der Waals surface area contributed by atoms with Crippen LogP contribution in [0.15, 0.2) is 29.3 Å². The molecule has 4 nitrogen and oxygen atoms in total. The van der Waals surface area contributed by atoms with E-state index in [1.807, 2.05) is 0 Å². The van der Waals surface area contributed by atoms with E-state index in [0.717, 1.165) is 12.8 Å². The lowest BCUT2D eigenvalue weighted by molar-refractivity contribution is 0.0990. The molecular formula is C19H28N2O2. The molecule has 0 bridgehead atoms. The predicted molar refractivity (Wildman–Crippen MR) is 95.0 cm³/mol. The van der Waals surface area contributed by atoms with Gasteiger partial charge in [0.05, 0.1) is 0 Å². The molecule has 1 aromatic carbocycles. The molecule has 2 amide bonds. The third kappa shape index (κ3) is 8.29. The molecule has 0 aliphatic rings. The topological polar surface area (TPSA) is 72.5 Å². The van der Waals surface area contributed by atoms with Crippen molar-refractivity contribution in [3.8, 4) is 0 Å². The number of primary amides is 1. The minimum Gasteiger partial charge on any atom is -0.366 e. The third-order valence-corrected chi connectivity index (χ3v) is 3.81. The predicted octanol–water partition coefficient (Wildman–Crippen LogP) is 4.53. The Morgan fingerprint density at radius 3 is 2.00 bits per heavy atom. The number of amides is 2. The van der Waals surface area contributed by atoms with Crippen LogP contribution in [0.5, 0.6) is 0 Å². The molecule has 0 spiro atoms. The Labute approximate surface area is 139 Å². The van der Waals surface area contributed by atoms with E-state index in [9.17, 15) is 9.59 Å². The smallest absolute Gasteiger partial charge is 0.276 e. The van der Waals surface area contributed by atoms with E-state index in [0.29, 0.717) is 11.1 Å². The maximum absolute atomic E-state index is 11.8. The Bertz CT molecular complexity index is 507. The second kappa shape index (κ2) is 11.6. The second-order valence-electron chi connectivity index (χ2n) is 5.82. The standard InChI is InChI=1S/C19H28N2O2/c1-2-3-4-5-6-7-8-9-10-15-21-19(23)17-13-11-16(12-14-17)18(20)22/h11-15H,2-10H2,1H3,(H2,20,22). The van der Waals surface area contributed by atoms with Gasteiger partial charge >= 0.3 is 0 Å². The minimum atomic E-state index is -0.498. The Morgan fingerprint density at radius 2 is 1.43 bits per heavy atom. The molecule has 0 saturated carbocycles. The zero-order valence-corrected chi connectivity index (χ0v) is 14.1. The van der Waals surface area contributed by atoms with Crippen molar-refractivity contribution < 1.29 is 9.59 Å². The van der Waals surface area contributed by atoms with Crippen LogP contribution in [0.3, 0.4) is 0 Å². The molecule has 0 atom stereocenters. The van der Waals surface area contributed by atoms with E-state index < -0.39 is 5.91 Å². The molecule has 1 rings (SSSR count). The van der Waals surface area contributed by atoms with Gasteiger partial charge in [-0.05, 0) is 37.1 Å². The third-order valence-electron chi connectivity index (χ3n) is 3.81. The van der Waals surface area contributed by atoms with E-state index in [-0.39, 0.29) is 5.91 Å². The first-order valence-corrected chi connectivity index (χ1v) is 8.62. The average Bonchev–Trinajstić information content (AvgIpc) is 2.56. The number of nitrogens with zero attached hydrogens (tertiary/aromatic N) is 1. The fraction of sp³-hybridized carbons (Fsp3) is 0.526. The van der Waals surface area contributed by atoms with Gasteiger partial charge in [0.15, 0.2) is 0 Å². The van der Waals surface area contributed by atoms with E-state index >= 15 is 0 Å².